The lowest BCUT2D eigenvalue weighted by Crippen LogP contribution is -2.12. The van der Waals surface area contributed by atoms with E-state index >= 15 is 0 Å². The van der Waals surface area contributed by atoms with E-state index in [9.17, 15) is 4.79 Å². The summed E-state index contributed by atoms with van der Waals surface area (Å²) < 4.78 is 1.81. The fraction of sp³-hybridized carbons (Fsp3) is 0.273. The molecule has 0 bridgehead atoms. The average Bonchev–Trinajstić information content (AvgIpc) is 2.43. The topological polar surface area (TPSA) is 60.9 Å². The molecule has 0 saturated carbocycles. The highest BCUT2D eigenvalue weighted by Crippen LogP contribution is 2.24. The number of benzene rings is 1. The maximum atomic E-state index is 11.2. The standard InChI is InChI=1S/C11H13N3O/c1-6-8(11(12)15)4-5-9-10(6)7(2)13-14(9)3/h4-5H,1-3H3,(H2,12,15). The first kappa shape index (κ1) is 9.71. The molecule has 4 heteroatoms. The van der Waals surface area contributed by atoms with Crippen LogP contribution >= 0.6 is 0 Å². The van der Waals surface area contributed by atoms with Gasteiger partial charge in [-0.25, -0.2) is 0 Å². The summed E-state index contributed by atoms with van der Waals surface area (Å²) in [5.41, 5.74) is 8.72. The molecule has 0 aliphatic rings. The second-order valence-electron chi connectivity index (χ2n) is 3.71. The van der Waals surface area contributed by atoms with Crippen molar-refractivity contribution in [1.82, 2.24) is 9.78 Å². The molecule has 0 radical (unpaired) electrons. The number of nitrogens with zero attached hydrogens (tertiary/aromatic N) is 2. The molecule has 1 heterocycles. The quantitative estimate of drug-likeness (QED) is 0.759. The van der Waals surface area contributed by atoms with Crippen molar-refractivity contribution < 1.29 is 4.79 Å². The zero-order chi connectivity index (χ0) is 11.2. The first-order chi connectivity index (χ1) is 7.02. The third-order valence-corrected chi connectivity index (χ3v) is 2.72. The number of hydrogen-bond donors (Lipinski definition) is 1. The van der Waals surface area contributed by atoms with Crippen molar-refractivity contribution in [1.29, 1.82) is 0 Å². The summed E-state index contributed by atoms with van der Waals surface area (Å²) >= 11 is 0. The molecule has 1 aromatic heterocycles. The molecule has 4 nitrogen and oxygen atoms in total. The van der Waals surface area contributed by atoms with E-state index in [2.05, 4.69) is 5.10 Å². The summed E-state index contributed by atoms with van der Waals surface area (Å²) in [4.78, 5) is 11.2. The molecule has 2 aromatic rings. The first-order valence-corrected chi connectivity index (χ1v) is 4.75. The van der Waals surface area contributed by atoms with E-state index in [1.165, 1.54) is 0 Å². The summed E-state index contributed by atoms with van der Waals surface area (Å²) in [7, 11) is 1.89. The molecule has 15 heavy (non-hydrogen) atoms. The minimum absolute atomic E-state index is 0.391. The predicted octanol–water partition coefficient (Wildman–Crippen LogP) is 1.29. The van der Waals surface area contributed by atoms with Gasteiger partial charge >= 0.3 is 0 Å². The smallest absolute Gasteiger partial charge is 0.248 e. The molecular weight excluding hydrogens is 190 g/mol. The summed E-state index contributed by atoms with van der Waals surface area (Å²) in [5, 5.41) is 5.34. The van der Waals surface area contributed by atoms with E-state index in [1.807, 2.05) is 31.6 Å². The molecule has 0 fully saturated rings. The number of carbonyl (C=O) groups is 1. The Balaban J connectivity index is 2.89. The van der Waals surface area contributed by atoms with Crippen molar-refractivity contribution in [2.24, 2.45) is 12.8 Å². The van der Waals surface area contributed by atoms with Gasteiger partial charge in [0.1, 0.15) is 0 Å². The van der Waals surface area contributed by atoms with E-state index in [-0.39, 0.29) is 0 Å². The lowest BCUT2D eigenvalue weighted by molar-refractivity contribution is 0.1000. The highest BCUT2D eigenvalue weighted by atomic mass is 16.1. The number of amides is 1. The molecular formula is C11H13N3O. The first-order valence-electron chi connectivity index (χ1n) is 4.75. The minimum atomic E-state index is -0.391. The second-order valence-corrected chi connectivity index (χ2v) is 3.71. The van der Waals surface area contributed by atoms with Gasteiger partial charge < -0.3 is 5.73 Å². The van der Waals surface area contributed by atoms with Crippen molar-refractivity contribution in [2.75, 3.05) is 0 Å². The fourth-order valence-corrected chi connectivity index (χ4v) is 2.02. The Kier molecular flexibility index (Phi) is 2.00. The van der Waals surface area contributed by atoms with Crippen LogP contribution in [0, 0.1) is 13.8 Å². The SMILES string of the molecule is Cc1nn(C)c2ccc(C(N)=O)c(C)c12. The van der Waals surface area contributed by atoms with Crippen molar-refractivity contribution in [3.05, 3.63) is 29.0 Å². The Morgan fingerprint density at radius 3 is 2.67 bits per heavy atom. The largest absolute Gasteiger partial charge is 0.366 e. The lowest BCUT2D eigenvalue weighted by Gasteiger charge is -2.03. The van der Waals surface area contributed by atoms with Crippen LogP contribution in [-0.4, -0.2) is 15.7 Å². The molecule has 0 aliphatic carbocycles. The number of aromatic nitrogens is 2. The molecule has 0 aliphatic heterocycles. The third-order valence-electron chi connectivity index (χ3n) is 2.72. The molecule has 78 valence electrons. The molecule has 0 saturated heterocycles. The highest BCUT2D eigenvalue weighted by Gasteiger charge is 2.13. The zero-order valence-corrected chi connectivity index (χ0v) is 9.03. The van der Waals surface area contributed by atoms with Crippen LogP contribution in [0.15, 0.2) is 12.1 Å². The minimum Gasteiger partial charge on any atom is -0.366 e. The zero-order valence-electron chi connectivity index (χ0n) is 9.03. The number of rotatable bonds is 1. The van der Waals surface area contributed by atoms with Gasteiger partial charge in [-0.3, -0.25) is 9.48 Å². The van der Waals surface area contributed by atoms with E-state index in [1.54, 1.807) is 6.07 Å². The Labute approximate surface area is 87.7 Å². The fourth-order valence-electron chi connectivity index (χ4n) is 2.02. The number of hydrogen-bond acceptors (Lipinski definition) is 2. The van der Waals surface area contributed by atoms with Crippen LogP contribution < -0.4 is 5.73 Å². The molecule has 1 amide bonds. The molecule has 2 N–H and O–H groups in total. The Hall–Kier alpha value is -1.84. The number of carbonyl (C=O) groups excluding carboxylic acids is 1. The van der Waals surface area contributed by atoms with Crippen molar-refractivity contribution in [2.45, 2.75) is 13.8 Å². The van der Waals surface area contributed by atoms with Gasteiger partial charge in [-0.05, 0) is 31.5 Å². The van der Waals surface area contributed by atoms with Gasteiger partial charge in [0.25, 0.3) is 0 Å². The molecule has 0 unspecified atom stereocenters. The van der Waals surface area contributed by atoms with Gasteiger partial charge in [-0.15, -0.1) is 0 Å². The lowest BCUT2D eigenvalue weighted by atomic mass is 10.0. The normalized spacial score (nSPS) is 10.9. The Morgan fingerprint density at radius 1 is 1.40 bits per heavy atom. The van der Waals surface area contributed by atoms with Crippen molar-refractivity contribution in [3.8, 4) is 0 Å². The number of nitrogens with two attached hydrogens (primary N) is 1. The Morgan fingerprint density at radius 2 is 2.07 bits per heavy atom. The van der Waals surface area contributed by atoms with Gasteiger partial charge in [0.05, 0.1) is 11.2 Å². The molecule has 1 aromatic carbocycles. The van der Waals surface area contributed by atoms with Crippen LogP contribution in [0.2, 0.25) is 0 Å². The van der Waals surface area contributed by atoms with E-state index in [0.29, 0.717) is 5.56 Å². The highest BCUT2D eigenvalue weighted by molar-refractivity contribution is 6.00. The van der Waals surface area contributed by atoms with Crippen LogP contribution in [0.25, 0.3) is 10.9 Å². The maximum Gasteiger partial charge on any atom is 0.248 e. The summed E-state index contributed by atoms with van der Waals surface area (Å²) in [5.74, 6) is -0.391. The summed E-state index contributed by atoms with van der Waals surface area (Å²) in [6.45, 7) is 3.83. The van der Waals surface area contributed by atoms with E-state index < -0.39 is 5.91 Å². The molecule has 0 atom stereocenters. The van der Waals surface area contributed by atoms with Crippen LogP contribution in [0.4, 0.5) is 0 Å². The van der Waals surface area contributed by atoms with Gasteiger partial charge in [-0.1, -0.05) is 0 Å². The summed E-state index contributed by atoms with van der Waals surface area (Å²) in [6, 6.07) is 3.63. The van der Waals surface area contributed by atoms with Gasteiger partial charge in [0.2, 0.25) is 5.91 Å². The van der Waals surface area contributed by atoms with Crippen molar-refractivity contribution in [3.63, 3.8) is 0 Å². The van der Waals surface area contributed by atoms with Gasteiger partial charge in [-0.2, -0.15) is 5.10 Å². The third kappa shape index (κ3) is 1.29. The van der Waals surface area contributed by atoms with E-state index in [0.717, 1.165) is 22.2 Å². The predicted molar refractivity (Wildman–Crippen MR) is 58.7 cm³/mol. The van der Waals surface area contributed by atoms with Crippen molar-refractivity contribution >= 4 is 16.8 Å². The number of fused-ring (bicyclic) bond motifs is 1. The Bertz CT molecular complexity index is 554. The molecule has 0 spiro atoms. The molecule has 2 rings (SSSR count). The second kappa shape index (κ2) is 3.08. The van der Waals surface area contributed by atoms with Gasteiger partial charge in [0, 0.05) is 18.0 Å². The van der Waals surface area contributed by atoms with E-state index in [4.69, 9.17) is 5.73 Å². The number of aryl methyl sites for hydroxylation is 3. The monoisotopic (exact) mass is 203 g/mol. The van der Waals surface area contributed by atoms with Gasteiger partial charge in [0.15, 0.2) is 0 Å². The van der Waals surface area contributed by atoms with Crippen LogP contribution in [0.5, 0.6) is 0 Å². The summed E-state index contributed by atoms with van der Waals surface area (Å²) in [6.07, 6.45) is 0. The van der Waals surface area contributed by atoms with Crippen LogP contribution in [-0.2, 0) is 7.05 Å². The maximum absolute atomic E-state index is 11.2. The van der Waals surface area contributed by atoms with Crippen LogP contribution in [0.1, 0.15) is 21.6 Å². The number of primary amides is 1. The van der Waals surface area contributed by atoms with Crippen LogP contribution in [0.3, 0.4) is 0 Å². The average molecular weight is 203 g/mol.